The highest BCUT2D eigenvalue weighted by Crippen LogP contribution is 2.31. The Hall–Kier alpha value is -4.43. The third kappa shape index (κ3) is 3.72. The molecular weight excluding hydrogens is 446 g/mol. The standard InChI is InChI=1S/C21H18ClN9O2/c1-3-30(18-13(8-23)17(24)28-20(25)29-18)21-27-15-6-4-5-14(22)16(15)19(32)31(21)11-7-12(33-2)10-26-9-11/h4-7,9-10H,3H2,1-2H3,(H4,24,25,28,29). The van der Waals surface area contributed by atoms with Gasteiger partial charge in [-0.1, -0.05) is 17.7 Å². The van der Waals surface area contributed by atoms with Gasteiger partial charge in [-0.05, 0) is 19.1 Å². The molecule has 0 atom stereocenters. The molecule has 0 spiro atoms. The van der Waals surface area contributed by atoms with Crippen LogP contribution in [0.5, 0.6) is 5.75 Å². The van der Waals surface area contributed by atoms with E-state index in [0.29, 0.717) is 17.0 Å². The van der Waals surface area contributed by atoms with E-state index in [2.05, 4.69) is 15.0 Å². The fraction of sp³-hybridized carbons (Fsp3) is 0.143. The van der Waals surface area contributed by atoms with Crippen LogP contribution in [-0.2, 0) is 0 Å². The van der Waals surface area contributed by atoms with Crippen LogP contribution in [0, 0.1) is 11.3 Å². The lowest BCUT2D eigenvalue weighted by Gasteiger charge is -2.25. The summed E-state index contributed by atoms with van der Waals surface area (Å²) in [5.74, 6) is 0.491. The highest BCUT2D eigenvalue weighted by Gasteiger charge is 2.25. The van der Waals surface area contributed by atoms with Gasteiger partial charge in [0.2, 0.25) is 11.9 Å². The highest BCUT2D eigenvalue weighted by atomic mass is 35.5. The summed E-state index contributed by atoms with van der Waals surface area (Å²) in [7, 11) is 1.49. The zero-order valence-corrected chi connectivity index (χ0v) is 18.4. The van der Waals surface area contributed by atoms with Gasteiger partial charge in [0, 0.05) is 12.6 Å². The van der Waals surface area contributed by atoms with E-state index < -0.39 is 5.56 Å². The molecule has 0 aliphatic rings. The Labute approximate surface area is 192 Å². The fourth-order valence-corrected chi connectivity index (χ4v) is 3.66. The van der Waals surface area contributed by atoms with Crippen LogP contribution in [0.2, 0.25) is 5.02 Å². The Kier molecular flexibility index (Phi) is 5.68. The van der Waals surface area contributed by atoms with Crippen LogP contribution >= 0.6 is 11.6 Å². The number of ether oxygens (including phenoxy) is 1. The second-order valence-electron chi connectivity index (χ2n) is 6.79. The first-order valence-electron chi connectivity index (χ1n) is 9.70. The number of aromatic nitrogens is 5. The number of pyridine rings is 1. The molecule has 4 N–H and O–H groups in total. The maximum Gasteiger partial charge on any atom is 0.268 e. The number of nitrogen functional groups attached to an aromatic ring is 2. The van der Waals surface area contributed by atoms with Crippen LogP contribution in [0.4, 0.5) is 23.5 Å². The molecule has 166 valence electrons. The molecule has 33 heavy (non-hydrogen) atoms. The van der Waals surface area contributed by atoms with Crippen LogP contribution < -0.4 is 26.7 Å². The molecule has 3 heterocycles. The Balaban J connectivity index is 2.13. The van der Waals surface area contributed by atoms with Gasteiger partial charge in [0.15, 0.2) is 5.82 Å². The maximum atomic E-state index is 13.7. The molecule has 0 saturated carbocycles. The van der Waals surface area contributed by atoms with Gasteiger partial charge in [-0.15, -0.1) is 0 Å². The van der Waals surface area contributed by atoms with E-state index in [0.717, 1.165) is 0 Å². The number of nitrogens with two attached hydrogens (primary N) is 2. The van der Waals surface area contributed by atoms with Crippen LogP contribution in [0.25, 0.3) is 16.6 Å². The van der Waals surface area contributed by atoms with Crippen molar-refractivity contribution < 1.29 is 4.74 Å². The molecule has 0 bridgehead atoms. The van der Waals surface area contributed by atoms with Gasteiger partial charge in [0.05, 0.1) is 41.1 Å². The maximum absolute atomic E-state index is 13.7. The molecular formula is C21H18ClN9O2. The summed E-state index contributed by atoms with van der Waals surface area (Å²) < 4.78 is 6.59. The topological polar surface area (TPSA) is 162 Å². The largest absolute Gasteiger partial charge is 0.495 e. The van der Waals surface area contributed by atoms with E-state index in [-0.39, 0.29) is 46.0 Å². The lowest BCUT2D eigenvalue weighted by atomic mass is 10.2. The fourth-order valence-electron chi connectivity index (χ4n) is 3.40. The predicted molar refractivity (Wildman–Crippen MR) is 125 cm³/mol. The average molecular weight is 464 g/mol. The summed E-state index contributed by atoms with van der Waals surface area (Å²) in [6, 6.07) is 8.60. The number of fused-ring (bicyclic) bond motifs is 1. The number of nitrogens with zero attached hydrogens (tertiary/aromatic N) is 7. The van der Waals surface area contributed by atoms with E-state index in [1.54, 1.807) is 36.1 Å². The van der Waals surface area contributed by atoms with Crippen molar-refractivity contribution in [3.8, 4) is 17.5 Å². The molecule has 3 aromatic heterocycles. The molecule has 0 amide bonds. The van der Waals surface area contributed by atoms with Crippen molar-refractivity contribution in [1.29, 1.82) is 5.26 Å². The molecule has 4 rings (SSSR count). The molecule has 11 nitrogen and oxygen atoms in total. The van der Waals surface area contributed by atoms with Gasteiger partial charge >= 0.3 is 0 Å². The minimum Gasteiger partial charge on any atom is -0.495 e. The highest BCUT2D eigenvalue weighted by molar-refractivity contribution is 6.35. The first-order chi connectivity index (χ1) is 15.9. The quantitative estimate of drug-likeness (QED) is 0.449. The lowest BCUT2D eigenvalue weighted by Crippen LogP contribution is -2.31. The number of nitriles is 1. The van der Waals surface area contributed by atoms with Gasteiger partial charge in [-0.25, -0.2) is 9.55 Å². The summed E-state index contributed by atoms with van der Waals surface area (Å²) in [5, 5.41) is 10.2. The third-order valence-electron chi connectivity index (χ3n) is 4.88. The van der Waals surface area contributed by atoms with Crippen LogP contribution in [0.15, 0.2) is 41.5 Å². The minimum atomic E-state index is -0.442. The normalized spacial score (nSPS) is 10.7. The molecule has 0 aliphatic heterocycles. The van der Waals surface area contributed by atoms with Gasteiger partial charge in [-0.3, -0.25) is 14.7 Å². The summed E-state index contributed by atoms with van der Waals surface area (Å²) >= 11 is 6.35. The van der Waals surface area contributed by atoms with E-state index in [4.69, 9.17) is 32.8 Å². The Morgan fingerprint density at radius 1 is 1.24 bits per heavy atom. The number of halogens is 1. The summed E-state index contributed by atoms with van der Waals surface area (Å²) in [4.78, 5) is 32.2. The van der Waals surface area contributed by atoms with Crippen molar-refractivity contribution in [2.24, 2.45) is 0 Å². The number of benzene rings is 1. The first-order valence-corrected chi connectivity index (χ1v) is 10.1. The second kappa shape index (κ2) is 8.60. The number of hydrogen-bond acceptors (Lipinski definition) is 10. The molecule has 0 fully saturated rings. The summed E-state index contributed by atoms with van der Waals surface area (Å²) in [5.41, 5.74) is 12.0. The van der Waals surface area contributed by atoms with Crippen LogP contribution in [0.1, 0.15) is 12.5 Å². The van der Waals surface area contributed by atoms with Crippen LogP contribution in [0.3, 0.4) is 0 Å². The smallest absolute Gasteiger partial charge is 0.268 e. The van der Waals surface area contributed by atoms with E-state index in [1.807, 2.05) is 6.07 Å². The van der Waals surface area contributed by atoms with Gasteiger partial charge in [0.25, 0.3) is 5.56 Å². The molecule has 0 unspecified atom stereocenters. The van der Waals surface area contributed by atoms with E-state index >= 15 is 0 Å². The molecule has 0 saturated heterocycles. The summed E-state index contributed by atoms with van der Waals surface area (Å²) in [6.07, 6.45) is 2.99. The number of rotatable bonds is 5. The predicted octanol–water partition coefficient (Wildman–Crippen LogP) is 2.43. The minimum absolute atomic E-state index is 0.00167. The van der Waals surface area contributed by atoms with Crippen molar-refractivity contribution in [3.05, 3.63) is 57.6 Å². The monoisotopic (exact) mass is 463 g/mol. The van der Waals surface area contributed by atoms with Crippen LogP contribution in [-0.4, -0.2) is 38.2 Å². The van der Waals surface area contributed by atoms with E-state index in [1.165, 1.54) is 24.1 Å². The van der Waals surface area contributed by atoms with Gasteiger partial charge in [-0.2, -0.15) is 15.2 Å². The van der Waals surface area contributed by atoms with Crippen molar-refractivity contribution >= 4 is 46.0 Å². The zero-order chi connectivity index (χ0) is 23.7. The van der Waals surface area contributed by atoms with Crippen molar-refractivity contribution in [2.75, 3.05) is 30.0 Å². The Morgan fingerprint density at radius 2 is 2.03 bits per heavy atom. The molecule has 0 aliphatic carbocycles. The molecule has 1 aromatic carbocycles. The number of anilines is 4. The average Bonchev–Trinajstić information content (AvgIpc) is 2.79. The van der Waals surface area contributed by atoms with Crippen molar-refractivity contribution in [1.82, 2.24) is 24.5 Å². The Morgan fingerprint density at radius 3 is 2.73 bits per heavy atom. The molecule has 0 radical (unpaired) electrons. The summed E-state index contributed by atoms with van der Waals surface area (Å²) in [6.45, 7) is 2.07. The lowest BCUT2D eigenvalue weighted by molar-refractivity contribution is 0.412. The Bertz CT molecular complexity index is 1480. The van der Waals surface area contributed by atoms with Crippen molar-refractivity contribution in [2.45, 2.75) is 6.92 Å². The SMILES string of the molecule is CCN(c1nc(N)nc(N)c1C#N)c1nc2cccc(Cl)c2c(=O)n1-c1cncc(OC)c1. The number of hydrogen-bond donors (Lipinski definition) is 2. The number of methoxy groups -OCH3 is 1. The molecule has 12 heteroatoms. The zero-order valence-electron chi connectivity index (χ0n) is 17.7. The van der Waals surface area contributed by atoms with Gasteiger partial charge in [0.1, 0.15) is 23.2 Å². The van der Waals surface area contributed by atoms with E-state index in [9.17, 15) is 10.1 Å². The molecule has 4 aromatic rings. The van der Waals surface area contributed by atoms with Crippen molar-refractivity contribution in [3.63, 3.8) is 0 Å². The van der Waals surface area contributed by atoms with Gasteiger partial charge < -0.3 is 16.2 Å². The first kappa shape index (κ1) is 21.8. The second-order valence-corrected chi connectivity index (χ2v) is 7.20. The third-order valence-corrected chi connectivity index (χ3v) is 5.20.